The van der Waals surface area contributed by atoms with Crippen LogP contribution < -0.4 is 0 Å². The van der Waals surface area contributed by atoms with Crippen molar-refractivity contribution in [3.05, 3.63) is 22.1 Å². The molecule has 0 aliphatic carbocycles. The minimum absolute atomic E-state index is 0.134. The number of hydrogen-bond acceptors (Lipinski definition) is 6. The Morgan fingerprint density at radius 2 is 2.36 bits per heavy atom. The summed E-state index contributed by atoms with van der Waals surface area (Å²) in [6, 6.07) is 0. The van der Waals surface area contributed by atoms with E-state index in [0.29, 0.717) is 5.78 Å². The van der Waals surface area contributed by atoms with Crippen LogP contribution in [0.2, 0.25) is 0 Å². The number of aromatic nitrogens is 4. The first-order chi connectivity index (χ1) is 6.61. The van der Waals surface area contributed by atoms with E-state index in [0.717, 1.165) is 0 Å². The van der Waals surface area contributed by atoms with Crippen LogP contribution in [0, 0.1) is 17.0 Å². The van der Waals surface area contributed by atoms with Gasteiger partial charge in [-0.05, 0) is 6.92 Å². The normalized spacial score (nSPS) is 10.7. The first kappa shape index (κ1) is 8.88. The molecule has 2 rings (SSSR count). The van der Waals surface area contributed by atoms with E-state index in [4.69, 9.17) is 0 Å². The quantitative estimate of drug-likeness (QED) is 0.323. The zero-order valence-corrected chi connectivity index (χ0v) is 7.97. The van der Waals surface area contributed by atoms with Crippen molar-refractivity contribution in [2.45, 2.75) is 11.9 Å². The first-order valence-corrected chi connectivity index (χ1v) is 4.09. The average Bonchev–Trinajstić information content (AvgIpc) is 2.50. The molecule has 0 saturated heterocycles. The molecule has 0 atom stereocenters. The van der Waals surface area contributed by atoms with Gasteiger partial charge in [0, 0.05) is 0 Å². The van der Waals surface area contributed by atoms with Gasteiger partial charge in [0.2, 0.25) is 0 Å². The van der Waals surface area contributed by atoms with Crippen molar-refractivity contribution in [1.29, 1.82) is 0 Å². The van der Waals surface area contributed by atoms with Gasteiger partial charge >= 0.3 is 5.69 Å². The van der Waals surface area contributed by atoms with E-state index in [-0.39, 0.29) is 16.4 Å². The highest BCUT2D eigenvalue weighted by molar-refractivity contribution is 7.80. The first-order valence-electron chi connectivity index (χ1n) is 3.65. The molecule has 0 N–H and O–H groups in total. The Balaban J connectivity index is 2.89. The second-order valence-corrected chi connectivity index (χ2v) is 3.02. The van der Waals surface area contributed by atoms with Crippen LogP contribution in [0.15, 0.2) is 11.4 Å². The van der Waals surface area contributed by atoms with Gasteiger partial charge in [0.25, 0.3) is 5.78 Å². The van der Waals surface area contributed by atoms with Gasteiger partial charge in [0.1, 0.15) is 12.0 Å². The molecule has 72 valence electrons. The predicted molar refractivity (Wildman–Crippen MR) is 49.4 cm³/mol. The molecule has 2 aromatic rings. The molecule has 0 spiro atoms. The Labute approximate surface area is 83.3 Å². The summed E-state index contributed by atoms with van der Waals surface area (Å²) in [4.78, 5) is 17.9. The van der Waals surface area contributed by atoms with E-state index in [1.165, 1.54) is 17.8 Å². The fraction of sp³-hybridized carbons (Fsp3) is 0.167. The highest BCUT2D eigenvalue weighted by Gasteiger charge is 2.20. The number of nitrogens with zero attached hydrogens (tertiary/aromatic N) is 5. The highest BCUT2D eigenvalue weighted by atomic mass is 32.1. The molecule has 14 heavy (non-hydrogen) atoms. The Kier molecular flexibility index (Phi) is 1.84. The number of rotatable bonds is 1. The molecule has 0 fully saturated rings. The lowest BCUT2D eigenvalue weighted by Gasteiger charge is -2.00. The molecule has 0 radical (unpaired) electrons. The van der Waals surface area contributed by atoms with Gasteiger partial charge in [-0.25, -0.2) is 4.98 Å². The third-order valence-corrected chi connectivity index (χ3v) is 2.14. The molecule has 0 aliphatic heterocycles. The summed E-state index contributed by atoms with van der Waals surface area (Å²) < 4.78 is 1.22. The average molecular weight is 211 g/mol. The molecule has 0 aliphatic rings. The lowest BCUT2D eigenvalue weighted by atomic mass is 10.4. The minimum atomic E-state index is -0.536. The minimum Gasteiger partial charge on any atom is -0.258 e. The van der Waals surface area contributed by atoms with Crippen molar-refractivity contribution in [2.75, 3.05) is 0 Å². The number of nitro groups is 1. The van der Waals surface area contributed by atoms with Crippen LogP contribution in [0.5, 0.6) is 0 Å². The zero-order valence-electron chi connectivity index (χ0n) is 7.08. The molecule has 0 bridgehead atoms. The van der Waals surface area contributed by atoms with E-state index >= 15 is 0 Å². The fourth-order valence-corrected chi connectivity index (χ4v) is 1.52. The molecule has 2 heterocycles. The molecule has 0 aromatic carbocycles. The van der Waals surface area contributed by atoms with Crippen LogP contribution in [0.4, 0.5) is 5.69 Å². The second kappa shape index (κ2) is 2.91. The fourth-order valence-electron chi connectivity index (χ4n) is 1.14. The Hall–Kier alpha value is -1.70. The summed E-state index contributed by atoms with van der Waals surface area (Å²) in [6.07, 6.45) is 1.27. The van der Waals surface area contributed by atoms with Crippen LogP contribution in [-0.4, -0.2) is 24.5 Å². The summed E-state index contributed by atoms with van der Waals surface area (Å²) in [5.74, 6) is 0.304. The van der Waals surface area contributed by atoms with Crippen molar-refractivity contribution in [3.8, 4) is 0 Å². The van der Waals surface area contributed by atoms with Gasteiger partial charge in [0.05, 0.1) is 4.92 Å². The number of aryl methyl sites for hydroxylation is 1. The molecule has 2 aromatic heterocycles. The highest BCUT2D eigenvalue weighted by Crippen LogP contribution is 2.24. The smallest absolute Gasteiger partial charge is 0.258 e. The van der Waals surface area contributed by atoms with E-state index in [1.54, 1.807) is 0 Å². The van der Waals surface area contributed by atoms with Gasteiger partial charge in [-0.2, -0.15) is 14.6 Å². The Bertz CT molecular complexity index is 522. The van der Waals surface area contributed by atoms with Crippen molar-refractivity contribution in [3.63, 3.8) is 0 Å². The largest absolute Gasteiger partial charge is 0.322 e. The van der Waals surface area contributed by atoms with Gasteiger partial charge in [-0.3, -0.25) is 10.1 Å². The third-order valence-electron chi connectivity index (χ3n) is 1.74. The molecule has 0 amide bonds. The Morgan fingerprint density at radius 1 is 1.64 bits per heavy atom. The second-order valence-electron chi connectivity index (χ2n) is 2.60. The molecule has 8 heteroatoms. The van der Waals surface area contributed by atoms with E-state index in [2.05, 4.69) is 27.7 Å². The van der Waals surface area contributed by atoms with Crippen molar-refractivity contribution in [1.82, 2.24) is 19.6 Å². The predicted octanol–water partition coefficient (Wildman–Crippen LogP) is 0.630. The molecule has 7 nitrogen and oxygen atoms in total. The molecule has 0 unspecified atom stereocenters. The zero-order chi connectivity index (χ0) is 10.3. The van der Waals surface area contributed by atoms with E-state index in [1.807, 2.05) is 0 Å². The Morgan fingerprint density at radius 3 is 3.00 bits per heavy atom. The summed E-state index contributed by atoms with van der Waals surface area (Å²) in [6.45, 7) is 1.53. The SMILES string of the molecule is Cc1nc2ncnn2c(S)c1[N+](=O)[O-]. The van der Waals surface area contributed by atoms with E-state index in [9.17, 15) is 10.1 Å². The van der Waals surface area contributed by atoms with Crippen LogP contribution in [0.25, 0.3) is 5.78 Å². The maximum atomic E-state index is 10.7. The van der Waals surface area contributed by atoms with Crippen molar-refractivity contribution >= 4 is 24.1 Å². The lowest BCUT2D eigenvalue weighted by molar-refractivity contribution is -0.389. The van der Waals surface area contributed by atoms with Crippen molar-refractivity contribution in [2.24, 2.45) is 0 Å². The number of hydrogen-bond donors (Lipinski definition) is 1. The maximum Gasteiger partial charge on any atom is 0.322 e. The molecular weight excluding hydrogens is 206 g/mol. The number of fused-ring (bicyclic) bond motifs is 1. The van der Waals surface area contributed by atoms with Crippen LogP contribution >= 0.6 is 12.6 Å². The third kappa shape index (κ3) is 1.11. The molecular formula is C6H5N5O2S. The summed E-state index contributed by atoms with van der Waals surface area (Å²) in [5.41, 5.74) is 0.131. The van der Waals surface area contributed by atoms with Gasteiger partial charge < -0.3 is 0 Å². The maximum absolute atomic E-state index is 10.7. The standard InChI is InChI=1S/C6H5N5O2S/c1-3-4(11(12)13)5(14)10-6(9-3)7-2-8-10/h2,14H,1H3. The van der Waals surface area contributed by atoms with Crippen LogP contribution in [0.1, 0.15) is 5.69 Å². The van der Waals surface area contributed by atoms with Crippen molar-refractivity contribution < 1.29 is 4.92 Å². The van der Waals surface area contributed by atoms with Gasteiger partial charge in [-0.15, -0.1) is 12.6 Å². The monoisotopic (exact) mass is 211 g/mol. The van der Waals surface area contributed by atoms with E-state index < -0.39 is 4.92 Å². The van der Waals surface area contributed by atoms with Gasteiger partial charge in [-0.1, -0.05) is 0 Å². The summed E-state index contributed by atoms with van der Waals surface area (Å²) in [5, 5.41) is 14.6. The summed E-state index contributed by atoms with van der Waals surface area (Å²) in [7, 11) is 0. The van der Waals surface area contributed by atoms with Crippen LogP contribution in [0.3, 0.4) is 0 Å². The topological polar surface area (TPSA) is 86.2 Å². The van der Waals surface area contributed by atoms with Crippen LogP contribution in [-0.2, 0) is 0 Å². The number of thiol groups is 1. The summed E-state index contributed by atoms with van der Waals surface area (Å²) >= 11 is 4.02. The van der Waals surface area contributed by atoms with Gasteiger partial charge in [0.15, 0.2) is 5.03 Å². The molecule has 0 saturated carbocycles. The lowest BCUT2D eigenvalue weighted by Crippen LogP contribution is -2.03.